The number of sulfonamides is 1. The zero-order valence-corrected chi connectivity index (χ0v) is 18.8. The van der Waals surface area contributed by atoms with Gasteiger partial charge in [-0.3, -0.25) is 4.40 Å². The average Bonchev–Trinajstić information content (AvgIpc) is 3.36. The smallest absolute Gasteiger partial charge is 0.223 e. The van der Waals surface area contributed by atoms with Gasteiger partial charge in [-0.15, -0.1) is 11.3 Å². The summed E-state index contributed by atoms with van der Waals surface area (Å²) < 4.78 is 27.8. The van der Waals surface area contributed by atoms with E-state index in [9.17, 15) is 13.5 Å². The summed E-state index contributed by atoms with van der Waals surface area (Å²) in [4.78, 5) is 14.5. The van der Waals surface area contributed by atoms with Crippen LogP contribution in [0.15, 0.2) is 48.1 Å². The molecule has 0 spiro atoms. The molecule has 5 rings (SSSR count). The molecule has 1 aliphatic rings. The second-order valence-corrected chi connectivity index (χ2v) is 10.5. The Hall–Kier alpha value is -3.02. The lowest BCUT2D eigenvalue weighted by Gasteiger charge is -2.26. The molecular formula is C22H26N6O3S2. The number of hydrogen-bond donors (Lipinski definition) is 2. The molecule has 3 aromatic heterocycles. The lowest BCUT2D eigenvalue weighted by atomic mass is 10.1. The summed E-state index contributed by atoms with van der Waals surface area (Å²) in [5.41, 5.74) is 2.99. The van der Waals surface area contributed by atoms with Crippen molar-refractivity contribution in [1.82, 2.24) is 23.7 Å². The van der Waals surface area contributed by atoms with Crippen molar-refractivity contribution in [3.63, 3.8) is 0 Å². The highest BCUT2D eigenvalue weighted by atomic mass is 32.2. The van der Waals surface area contributed by atoms with Crippen LogP contribution >= 0.6 is 11.3 Å². The first-order valence-corrected chi connectivity index (χ1v) is 12.8. The van der Waals surface area contributed by atoms with Crippen LogP contribution < -0.4 is 5.32 Å². The molecule has 11 heteroatoms. The Morgan fingerprint density at radius 1 is 1.18 bits per heavy atom. The highest BCUT2D eigenvalue weighted by Gasteiger charge is 2.25. The third-order valence-corrected chi connectivity index (χ3v) is 8.09. The molecule has 0 aliphatic carbocycles. The fourth-order valence-corrected chi connectivity index (χ4v) is 6.16. The normalized spacial score (nSPS) is 15.9. The zero-order chi connectivity index (χ0) is 22.1. The third-order valence-electron chi connectivity index (χ3n) is 5.38. The van der Waals surface area contributed by atoms with Gasteiger partial charge >= 0.3 is 0 Å². The van der Waals surface area contributed by atoms with Gasteiger partial charge in [0.2, 0.25) is 16.0 Å². The van der Waals surface area contributed by atoms with Crippen LogP contribution in [0.3, 0.4) is 0 Å². The first-order valence-electron chi connectivity index (χ1n) is 10.3. The van der Waals surface area contributed by atoms with Gasteiger partial charge in [-0.25, -0.2) is 27.7 Å². The third kappa shape index (κ3) is 4.70. The molecule has 0 saturated carbocycles. The van der Waals surface area contributed by atoms with Crippen molar-refractivity contribution >= 4 is 32.3 Å². The van der Waals surface area contributed by atoms with E-state index in [0.29, 0.717) is 31.3 Å². The first-order chi connectivity index (χ1) is 15.5. The number of imidazole rings is 1. The molecule has 1 aliphatic heterocycles. The summed E-state index contributed by atoms with van der Waals surface area (Å²) >= 11 is 1.52. The Bertz CT molecular complexity index is 1370. The van der Waals surface area contributed by atoms with Crippen LogP contribution in [0.25, 0.3) is 27.6 Å². The number of benzene rings is 1. The quantitative estimate of drug-likeness (QED) is 0.427. The van der Waals surface area contributed by atoms with Crippen molar-refractivity contribution < 1.29 is 13.5 Å². The van der Waals surface area contributed by atoms with E-state index in [-0.39, 0.29) is 18.9 Å². The summed E-state index contributed by atoms with van der Waals surface area (Å²) in [6, 6.07) is 8.79. The Balaban J connectivity index is 0.00000259. The topological polar surface area (TPSA) is 113 Å². The molecule has 1 saturated heterocycles. The molecule has 2 N–H and O–H groups in total. The van der Waals surface area contributed by atoms with E-state index in [1.54, 1.807) is 24.4 Å². The van der Waals surface area contributed by atoms with Crippen LogP contribution in [-0.4, -0.2) is 62.6 Å². The van der Waals surface area contributed by atoms with E-state index in [4.69, 9.17) is 4.98 Å². The van der Waals surface area contributed by atoms with E-state index in [1.165, 1.54) is 15.6 Å². The van der Waals surface area contributed by atoms with Crippen molar-refractivity contribution in [3.8, 4) is 28.4 Å². The minimum absolute atomic E-state index is 0. The monoisotopic (exact) mass is 486 g/mol. The van der Waals surface area contributed by atoms with Crippen molar-refractivity contribution in [2.45, 2.75) is 20.3 Å². The molecule has 0 atom stereocenters. The SMILES string of the molecule is C.O=S1(=O)CCCCN1CCNc1nccc(-c2c(-c3cccc(O)c3)nc3sccn23)n1. The minimum atomic E-state index is -3.16. The van der Waals surface area contributed by atoms with Crippen LogP contribution in [0.4, 0.5) is 5.95 Å². The van der Waals surface area contributed by atoms with Crippen molar-refractivity contribution in [3.05, 3.63) is 48.1 Å². The van der Waals surface area contributed by atoms with E-state index in [1.807, 2.05) is 28.1 Å². The summed E-state index contributed by atoms with van der Waals surface area (Å²) in [5, 5.41) is 15.0. The summed E-state index contributed by atoms with van der Waals surface area (Å²) in [6.45, 7) is 1.36. The maximum atomic E-state index is 12.2. The van der Waals surface area contributed by atoms with Gasteiger partial charge in [-0.05, 0) is 31.0 Å². The van der Waals surface area contributed by atoms with Crippen LogP contribution in [-0.2, 0) is 10.0 Å². The Morgan fingerprint density at radius 2 is 2.06 bits per heavy atom. The maximum absolute atomic E-state index is 12.2. The van der Waals surface area contributed by atoms with Crippen LogP contribution in [0.2, 0.25) is 0 Å². The number of nitrogens with zero attached hydrogens (tertiary/aromatic N) is 5. The predicted octanol–water partition coefficient (Wildman–Crippen LogP) is 3.70. The van der Waals surface area contributed by atoms with Gasteiger partial charge in [0.15, 0.2) is 4.96 Å². The Kier molecular flexibility index (Phi) is 6.63. The van der Waals surface area contributed by atoms with Gasteiger partial charge in [0.05, 0.1) is 17.1 Å². The second-order valence-electron chi connectivity index (χ2n) is 7.53. The fourth-order valence-electron chi connectivity index (χ4n) is 3.84. The number of anilines is 1. The Morgan fingerprint density at radius 3 is 2.88 bits per heavy atom. The summed E-state index contributed by atoms with van der Waals surface area (Å²) in [7, 11) is -3.16. The zero-order valence-electron chi connectivity index (χ0n) is 17.2. The van der Waals surface area contributed by atoms with Gasteiger partial charge in [0.25, 0.3) is 0 Å². The number of aromatic nitrogens is 4. The molecule has 33 heavy (non-hydrogen) atoms. The van der Waals surface area contributed by atoms with Crippen molar-refractivity contribution in [1.29, 1.82) is 0 Å². The lowest BCUT2D eigenvalue weighted by Crippen LogP contribution is -2.40. The number of rotatable bonds is 6. The number of thiazole rings is 1. The van der Waals surface area contributed by atoms with Gasteiger partial charge in [0.1, 0.15) is 11.4 Å². The largest absolute Gasteiger partial charge is 0.508 e. The molecule has 0 radical (unpaired) electrons. The molecule has 9 nitrogen and oxygen atoms in total. The Labute approximate surface area is 196 Å². The first kappa shape index (κ1) is 23.1. The molecule has 0 amide bonds. The molecular weight excluding hydrogens is 460 g/mol. The maximum Gasteiger partial charge on any atom is 0.223 e. The minimum Gasteiger partial charge on any atom is -0.508 e. The van der Waals surface area contributed by atoms with E-state index in [2.05, 4.69) is 15.3 Å². The highest BCUT2D eigenvalue weighted by molar-refractivity contribution is 7.89. The number of phenolic OH excluding ortho intramolecular Hbond substituents is 1. The van der Waals surface area contributed by atoms with Gasteiger partial charge in [-0.2, -0.15) is 0 Å². The van der Waals surface area contributed by atoms with Crippen LogP contribution in [0.1, 0.15) is 20.3 Å². The van der Waals surface area contributed by atoms with Crippen molar-refractivity contribution in [2.24, 2.45) is 0 Å². The van der Waals surface area contributed by atoms with Gasteiger partial charge in [-0.1, -0.05) is 19.6 Å². The number of aromatic hydroxyl groups is 1. The van der Waals surface area contributed by atoms with E-state index >= 15 is 0 Å². The molecule has 0 bridgehead atoms. The van der Waals surface area contributed by atoms with Crippen LogP contribution in [0.5, 0.6) is 5.75 Å². The number of hydrogen-bond acceptors (Lipinski definition) is 8. The number of fused-ring (bicyclic) bond motifs is 1. The lowest BCUT2D eigenvalue weighted by molar-refractivity contribution is 0.393. The van der Waals surface area contributed by atoms with Gasteiger partial charge < -0.3 is 10.4 Å². The highest BCUT2D eigenvalue weighted by Crippen LogP contribution is 2.34. The van der Waals surface area contributed by atoms with Crippen LogP contribution in [0, 0.1) is 0 Å². The standard InChI is InChI=1S/C21H22N6O3S2.CH4/c28-16-5-3-4-15(14-16)18-19(27-11-12-31-21(27)25-18)17-6-7-22-20(24-17)23-8-10-26-9-1-2-13-32(26,29)30;/h3-7,11-12,14,28H,1-2,8-10,13H2,(H,22,23,24);1H4. The molecule has 174 valence electrons. The fraction of sp³-hybridized carbons (Fsp3) is 0.318. The average molecular weight is 487 g/mol. The summed E-state index contributed by atoms with van der Waals surface area (Å²) in [6.07, 6.45) is 5.22. The van der Waals surface area contributed by atoms with Gasteiger partial charge in [0, 0.05) is 43.0 Å². The van der Waals surface area contributed by atoms with E-state index < -0.39 is 10.0 Å². The van der Waals surface area contributed by atoms with Crippen molar-refractivity contribution in [2.75, 3.05) is 30.7 Å². The molecule has 4 aromatic rings. The predicted molar refractivity (Wildman–Crippen MR) is 131 cm³/mol. The summed E-state index contributed by atoms with van der Waals surface area (Å²) in [5.74, 6) is 0.806. The molecule has 4 heterocycles. The molecule has 1 aromatic carbocycles. The number of phenols is 1. The van der Waals surface area contributed by atoms with E-state index in [0.717, 1.165) is 34.8 Å². The molecule has 0 unspecified atom stereocenters. The second kappa shape index (κ2) is 9.46. The number of nitrogens with one attached hydrogen (secondary N) is 1. The molecule has 1 fully saturated rings.